The monoisotopic (exact) mass is 2110 g/mol. The van der Waals surface area contributed by atoms with Crippen LogP contribution < -0.4 is 24.9 Å². The molecule has 16 heterocycles. The number of para-hydroxylation sites is 8. The zero-order valence-electron chi connectivity index (χ0n) is 79.5. The number of nitrogens with one attached hydrogen (secondary N) is 1. The number of likely N-dealkylation sites (N-methyl/N-ethyl adjacent to an activating group) is 5. The summed E-state index contributed by atoms with van der Waals surface area (Å²) in [4.78, 5) is 153. The molecule has 24 rings (SSSR count). The maximum atomic E-state index is 13.0. The standard InChI is InChI=1S/C29H27N3O2SSe.C29H26N2O3Se.C28H24N2O3Se.C26H21N3O3Se/c1-28(2)18-10-7-8-13-22(18)32-23-19(28)11-9-12-20(23)29(3,4)21-15-16(36-26(21)32)14-17-24(33)30(5)27(35)31(6)25(17)34;1-28(2)18-9-6-7-12-22(18)31-25-19(28)10-8-11-20(25)29(3,4)21-14-16(35-27(21)31)13-17-23(32)15-24(33)30(5)26(17)34;1-27(2)17-8-5-6-11-21(17)30-24-18(27)9-7-10-19(24)28(3,4)20-13-15(34-26(20)30)12-16-22(31)14-23(32)29-25(16)33;1-14-18-8-4-5-10-21(18)29-22-15(7-6-9-19(14)22)11-16-12-17(33-25(16)29)13-20-23(30)27(2)26(32)28(3)24(20)31/h7-15H,1-6H3;6-14H,15H2,1-5H3;5-13H,14H2,1-4H3,(H,29,32,33);4-10,12-14H,11H2,1-3H3/b;17-13+;16-12+;. The Balaban J connectivity index is 0.000000110. The van der Waals surface area contributed by atoms with Gasteiger partial charge in [-0.3, -0.25) is 0 Å². The van der Waals surface area contributed by atoms with Crippen LogP contribution >= 0.6 is 12.2 Å². The summed E-state index contributed by atoms with van der Waals surface area (Å²) in [6, 6.07) is 68.9. The van der Waals surface area contributed by atoms with E-state index in [1.165, 1.54) is 184 Å². The summed E-state index contributed by atoms with van der Waals surface area (Å²) in [5.41, 5.74) is 29.8. The number of fused-ring (bicyclic) bond motifs is 16. The Morgan fingerprint density at radius 2 is 0.630 bits per heavy atom. The second-order valence-corrected chi connectivity index (χ2v) is 49.5. The van der Waals surface area contributed by atoms with E-state index in [2.05, 4.69) is 309 Å². The van der Waals surface area contributed by atoms with Crippen molar-refractivity contribution < 1.29 is 52.7 Å². The van der Waals surface area contributed by atoms with E-state index >= 15 is 0 Å². The number of amides is 10. The molecule has 8 aromatic carbocycles. The number of anilines is 12. The van der Waals surface area contributed by atoms with Crippen LogP contribution in [0.15, 0.2) is 216 Å². The van der Waals surface area contributed by atoms with Crippen molar-refractivity contribution in [3.8, 4) is 0 Å². The Bertz CT molecular complexity index is 7670. The van der Waals surface area contributed by atoms with Gasteiger partial charge in [0.15, 0.2) is 0 Å². The van der Waals surface area contributed by atoms with E-state index in [-0.39, 0.29) is 143 Å². The predicted octanol–water partition coefficient (Wildman–Crippen LogP) is 18.4. The van der Waals surface area contributed by atoms with Gasteiger partial charge in [-0.15, -0.1) is 0 Å². The second-order valence-electron chi connectivity index (χ2n) is 40.2. The summed E-state index contributed by atoms with van der Waals surface area (Å²) in [5, 5.41) is 2.50. The minimum absolute atomic E-state index is 0.0402. The van der Waals surface area contributed by atoms with Gasteiger partial charge in [0.25, 0.3) is 0 Å². The quantitative estimate of drug-likeness (QED) is 0.0431. The van der Waals surface area contributed by atoms with Gasteiger partial charge in [0.1, 0.15) is 0 Å². The van der Waals surface area contributed by atoms with Crippen molar-refractivity contribution in [3.05, 3.63) is 323 Å². The van der Waals surface area contributed by atoms with Crippen molar-refractivity contribution in [2.75, 3.05) is 54.8 Å². The Kier molecular flexibility index (Phi) is 21.5. The van der Waals surface area contributed by atoms with Crippen LogP contribution in [-0.2, 0) is 86.9 Å². The molecule has 0 aliphatic carbocycles. The molecule has 4 saturated heterocycles. The average Bonchev–Trinajstić information content (AvgIpc) is 1.31. The van der Waals surface area contributed by atoms with Crippen molar-refractivity contribution in [2.45, 2.75) is 148 Å². The number of thiocarbonyl (C=S) groups is 1. The van der Waals surface area contributed by atoms with Gasteiger partial charge in [-0.2, -0.15) is 0 Å². The number of hydrogen-bond donors (Lipinski definition) is 1. The van der Waals surface area contributed by atoms with Crippen LogP contribution in [0.5, 0.6) is 0 Å². The summed E-state index contributed by atoms with van der Waals surface area (Å²) in [6.45, 7) is 29.6. The molecule has 138 heavy (non-hydrogen) atoms. The molecule has 26 heteroatoms. The van der Waals surface area contributed by atoms with E-state index < -0.39 is 53.0 Å². The summed E-state index contributed by atoms with van der Waals surface area (Å²) in [5.74, 6) is -4.37. The van der Waals surface area contributed by atoms with Crippen LogP contribution in [0, 0.1) is 0 Å². The maximum absolute atomic E-state index is 13.0. The first-order valence-electron chi connectivity index (χ1n) is 45.9. The number of rotatable bonds is 4. The van der Waals surface area contributed by atoms with Crippen molar-refractivity contribution >= 4 is 228 Å². The van der Waals surface area contributed by atoms with Gasteiger partial charge in [-0.1, -0.05) is 0 Å². The predicted molar refractivity (Wildman–Crippen MR) is 547 cm³/mol. The molecular formula is C112H98N10O11SSe4. The number of imide groups is 4. The summed E-state index contributed by atoms with van der Waals surface area (Å²) < 4.78 is 8.94. The molecule has 1 atom stereocenters. The molecule has 4 aromatic heterocycles. The number of barbiturate groups is 1. The first-order valence-corrected chi connectivity index (χ1v) is 53.2. The fraction of sp³-hybridized carbons (Fsp3) is 0.250. The SMILES string of the molecule is CC1(C)c2ccccc2N2c3[se]c(/C=C4\C(=O)CC(=O)NC4=O)cc3C(C)(C)c3cccc1c32.CC1c2ccccc2N2c3[se]c(C=C4C(=O)N(C)C(=O)N(C)C4=O)cc3Cc3cccc1c32.CN1C(=O)C(=Cc2cc3c([se]2)N2c4ccccc4C(C)(C)c4cccc(c42)C3(C)C)C(=O)N(C)C1=S.CN1C(=O)CC(=O)/C(=C\c2cc3c([se]2)N2c4ccccc4C(C)(C)c4cccc(c42)C3(C)C)C1=O. The molecule has 0 radical (unpaired) electrons. The number of nitrogens with zero attached hydrogens (tertiary/aromatic N) is 9. The third kappa shape index (κ3) is 13.6. The summed E-state index contributed by atoms with van der Waals surface area (Å²) in [7, 11) is 7.49. The van der Waals surface area contributed by atoms with Crippen LogP contribution in [0.3, 0.4) is 0 Å². The number of carbonyl (C=O) groups excluding carboxylic acids is 11. The number of hydrogen-bond acceptors (Lipinski definition) is 16. The molecule has 1 N–H and O–H groups in total. The fourth-order valence-electron chi connectivity index (χ4n) is 22.2. The molecule has 692 valence electrons. The van der Waals surface area contributed by atoms with E-state index in [9.17, 15) is 52.7 Å². The molecule has 21 nitrogen and oxygen atoms in total. The number of urea groups is 1. The van der Waals surface area contributed by atoms with E-state index in [0.717, 1.165) is 38.9 Å². The van der Waals surface area contributed by atoms with E-state index in [0.29, 0.717) is 5.92 Å². The van der Waals surface area contributed by atoms with E-state index in [4.69, 9.17) is 12.2 Å². The van der Waals surface area contributed by atoms with Crippen LogP contribution in [-0.4, -0.2) is 188 Å². The van der Waals surface area contributed by atoms with Gasteiger partial charge in [0, 0.05) is 0 Å². The minimum atomic E-state index is -0.604. The topological polar surface area (TPSA) is 229 Å². The van der Waals surface area contributed by atoms with Crippen molar-refractivity contribution in [1.82, 2.24) is 29.8 Å². The van der Waals surface area contributed by atoms with Gasteiger partial charge < -0.3 is 0 Å². The van der Waals surface area contributed by atoms with Crippen LogP contribution in [0.25, 0.3) is 24.3 Å². The molecule has 12 aliphatic rings. The zero-order chi connectivity index (χ0) is 97.6. The fourth-order valence-corrected chi connectivity index (χ4v) is 32.9. The second kappa shape index (κ2) is 32.4. The Labute approximate surface area is 829 Å². The van der Waals surface area contributed by atoms with Gasteiger partial charge in [-0.05, 0) is 0 Å². The molecule has 4 fully saturated rings. The number of piperidine rings is 2. The van der Waals surface area contributed by atoms with Crippen LogP contribution in [0.4, 0.5) is 68.5 Å². The molecule has 1 unspecified atom stereocenters. The number of carbonyl (C=O) groups is 11. The van der Waals surface area contributed by atoms with E-state index in [1.807, 2.05) is 0 Å². The molecule has 0 bridgehead atoms. The van der Waals surface area contributed by atoms with Crippen molar-refractivity contribution in [1.29, 1.82) is 0 Å². The van der Waals surface area contributed by atoms with Crippen LogP contribution in [0.2, 0.25) is 0 Å². The Morgan fingerprint density at radius 1 is 0.312 bits per heavy atom. The molecule has 0 saturated carbocycles. The number of benzene rings is 8. The van der Waals surface area contributed by atoms with Crippen LogP contribution in [0.1, 0.15) is 216 Å². The van der Waals surface area contributed by atoms with Gasteiger partial charge in [-0.25, -0.2) is 0 Å². The first kappa shape index (κ1) is 91.6. The molecule has 12 aliphatic heterocycles. The van der Waals surface area contributed by atoms with E-state index in [1.54, 1.807) is 38.4 Å². The number of likely N-dealkylation sites (tertiary alicyclic amines) is 1. The van der Waals surface area contributed by atoms with Crippen molar-refractivity contribution in [3.63, 3.8) is 0 Å². The first-order chi connectivity index (χ1) is 65.5. The molecule has 0 spiro atoms. The summed E-state index contributed by atoms with van der Waals surface area (Å²) >= 11 is 4.86. The summed E-state index contributed by atoms with van der Waals surface area (Å²) in [6.07, 6.45) is 7.21. The number of ketones is 2. The third-order valence-electron chi connectivity index (χ3n) is 30.0. The third-order valence-corrected chi connectivity index (χ3v) is 39.6. The van der Waals surface area contributed by atoms with Crippen molar-refractivity contribution in [2.24, 2.45) is 0 Å². The molecule has 10 amide bonds. The average molecular weight is 2110 g/mol. The Hall–Kier alpha value is -12.8. The Morgan fingerprint density at radius 3 is 1.05 bits per heavy atom. The van der Waals surface area contributed by atoms with Gasteiger partial charge >= 0.3 is 837 Å². The normalized spacial score (nSPS) is 19.8. The molecular weight excluding hydrogens is 2010 g/mol. The number of Topliss-reactive ketones (excluding diaryl/α,β-unsaturated/α-hetero) is 2. The van der Waals surface area contributed by atoms with Gasteiger partial charge in [0.2, 0.25) is 0 Å². The van der Waals surface area contributed by atoms with Gasteiger partial charge in [0.05, 0.1) is 0 Å². The molecule has 12 aromatic rings. The zero-order valence-corrected chi connectivity index (χ0v) is 87.2.